The van der Waals surface area contributed by atoms with Gasteiger partial charge in [0.15, 0.2) is 0 Å². The molecule has 2 rings (SSSR count). The summed E-state index contributed by atoms with van der Waals surface area (Å²) in [4.78, 5) is 0.0495. The number of anilines is 1. The largest absolute Gasteiger partial charge is 0.495 e. The Balaban J connectivity index is 2.42. The van der Waals surface area contributed by atoms with Gasteiger partial charge >= 0.3 is 0 Å². The molecule has 1 aliphatic rings. The van der Waals surface area contributed by atoms with E-state index in [1.807, 2.05) is 13.8 Å². The highest BCUT2D eigenvalue weighted by Gasteiger charge is 2.41. The lowest BCUT2D eigenvalue weighted by atomic mass is 9.97. The van der Waals surface area contributed by atoms with Gasteiger partial charge in [0.1, 0.15) is 10.6 Å². The van der Waals surface area contributed by atoms with Crippen molar-refractivity contribution in [2.75, 3.05) is 19.5 Å². The van der Waals surface area contributed by atoms with Crippen molar-refractivity contribution in [3.8, 4) is 5.75 Å². The third-order valence-electron chi connectivity index (χ3n) is 4.10. The predicted molar refractivity (Wildman–Crippen MR) is 80.9 cm³/mol. The Morgan fingerprint density at radius 1 is 1.48 bits per heavy atom. The Bertz CT molecular complexity index is 645. The lowest BCUT2D eigenvalue weighted by Crippen LogP contribution is -2.50. The molecule has 2 unspecified atom stereocenters. The number of hydrogen-bond donors (Lipinski definition) is 2. The minimum Gasteiger partial charge on any atom is -0.495 e. The number of ether oxygens (including phenoxy) is 2. The molecule has 1 heterocycles. The van der Waals surface area contributed by atoms with Gasteiger partial charge in [-0.3, -0.25) is 0 Å². The van der Waals surface area contributed by atoms with Crippen LogP contribution in [0.2, 0.25) is 0 Å². The quantitative estimate of drug-likeness (QED) is 0.821. The highest BCUT2D eigenvalue weighted by atomic mass is 32.2. The molecule has 2 atom stereocenters. The maximum absolute atomic E-state index is 12.7. The molecule has 0 spiro atoms. The van der Waals surface area contributed by atoms with Crippen LogP contribution in [0.4, 0.5) is 5.69 Å². The SMILES string of the molecule is COc1cc(C)c(N)cc1S(=O)(=O)NC1(C)CCOC1C. The van der Waals surface area contributed by atoms with Crippen LogP contribution >= 0.6 is 0 Å². The molecule has 1 fully saturated rings. The lowest BCUT2D eigenvalue weighted by Gasteiger charge is -2.28. The van der Waals surface area contributed by atoms with E-state index >= 15 is 0 Å². The molecule has 1 aromatic carbocycles. The molecular formula is C14H22N2O4S. The van der Waals surface area contributed by atoms with Crippen LogP contribution in [0.5, 0.6) is 5.75 Å². The molecule has 1 saturated heterocycles. The fourth-order valence-corrected chi connectivity index (χ4v) is 4.06. The van der Waals surface area contributed by atoms with Gasteiger partial charge in [0.25, 0.3) is 0 Å². The summed E-state index contributed by atoms with van der Waals surface area (Å²) in [5.41, 5.74) is 6.39. The first kappa shape index (κ1) is 16.1. The van der Waals surface area contributed by atoms with Gasteiger partial charge in [0, 0.05) is 12.3 Å². The van der Waals surface area contributed by atoms with Crippen molar-refractivity contribution in [3.63, 3.8) is 0 Å². The molecule has 3 N–H and O–H groups in total. The van der Waals surface area contributed by atoms with Crippen molar-refractivity contribution in [1.29, 1.82) is 0 Å². The molecule has 1 aliphatic heterocycles. The second-order valence-electron chi connectivity index (χ2n) is 5.65. The first-order valence-corrected chi connectivity index (χ1v) is 8.27. The van der Waals surface area contributed by atoms with Gasteiger partial charge in [-0.1, -0.05) is 0 Å². The summed E-state index contributed by atoms with van der Waals surface area (Å²) in [7, 11) is -2.31. The van der Waals surface area contributed by atoms with Gasteiger partial charge in [-0.15, -0.1) is 0 Å². The third kappa shape index (κ3) is 3.00. The zero-order chi connectivity index (χ0) is 15.8. The fraction of sp³-hybridized carbons (Fsp3) is 0.571. The van der Waals surface area contributed by atoms with E-state index in [9.17, 15) is 8.42 Å². The molecule has 21 heavy (non-hydrogen) atoms. The first-order chi connectivity index (χ1) is 9.69. The van der Waals surface area contributed by atoms with E-state index in [-0.39, 0.29) is 16.7 Å². The highest BCUT2D eigenvalue weighted by Crippen LogP contribution is 2.32. The van der Waals surface area contributed by atoms with Crippen LogP contribution in [0.25, 0.3) is 0 Å². The van der Waals surface area contributed by atoms with Gasteiger partial charge in [-0.05, 0) is 44.9 Å². The summed E-state index contributed by atoms with van der Waals surface area (Å²) in [5, 5.41) is 0. The van der Waals surface area contributed by atoms with Crippen LogP contribution in [0.15, 0.2) is 17.0 Å². The summed E-state index contributed by atoms with van der Waals surface area (Å²) in [5.74, 6) is 0.282. The van der Waals surface area contributed by atoms with E-state index in [4.69, 9.17) is 15.2 Å². The minimum absolute atomic E-state index is 0.0495. The molecule has 0 bridgehead atoms. The molecule has 0 saturated carbocycles. The predicted octanol–water partition coefficient (Wildman–Crippen LogP) is 1.43. The molecule has 0 amide bonds. The Morgan fingerprint density at radius 2 is 2.14 bits per heavy atom. The van der Waals surface area contributed by atoms with Crippen molar-refractivity contribution in [2.45, 2.75) is 43.7 Å². The van der Waals surface area contributed by atoms with Crippen molar-refractivity contribution < 1.29 is 17.9 Å². The molecule has 1 aromatic rings. The number of nitrogen functional groups attached to an aromatic ring is 1. The second kappa shape index (κ2) is 5.47. The van der Waals surface area contributed by atoms with Gasteiger partial charge in [0.05, 0.1) is 18.8 Å². The summed E-state index contributed by atoms with van der Waals surface area (Å²) in [6.07, 6.45) is 0.429. The summed E-state index contributed by atoms with van der Waals surface area (Å²) in [6.45, 7) is 6.03. The molecule has 0 aromatic heterocycles. The number of methoxy groups -OCH3 is 1. The molecule has 118 valence electrons. The van der Waals surface area contributed by atoms with Gasteiger partial charge in [-0.2, -0.15) is 0 Å². The van der Waals surface area contributed by atoms with Gasteiger partial charge in [0.2, 0.25) is 10.0 Å². The second-order valence-corrected chi connectivity index (χ2v) is 7.30. The average molecular weight is 314 g/mol. The van der Waals surface area contributed by atoms with E-state index in [0.717, 1.165) is 5.56 Å². The molecule has 0 aliphatic carbocycles. The number of sulfonamides is 1. The monoisotopic (exact) mass is 314 g/mol. The van der Waals surface area contributed by atoms with Crippen LogP contribution in [0, 0.1) is 6.92 Å². The minimum atomic E-state index is -3.75. The molecule has 7 heteroatoms. The Kier molecular flexibility index (Phi) is 4.19. The Hall–Kier alpha value is -1.31. The van der Waals surface area contributed by atoms with Crippen LogP contribution in [-0.2, 0) is 14.8 Å². The van der Waals surface area contributed by atoms with Crippen molar-refractivity contribution >= 4 is 15.7 Å². The maximum atomic E-state index is 12.7. The number of hydrogen-bond acceptors (Lipinski definition) is 5. The summed E-state index contributed by atoms with van der Waals surface area (Å²) in [6, 6.07) is 3.06. The highest BCUT2D eigenvalue weighted by molar-refractivity contribution is 7.89. The number of aryl methyl sites for hydroxylation is 1. The lowest BCUT2D eigenvalue weighted by molar-refractivity contribution is 0.0957. The summed E-state index contributed by atoms with van der Waals surface area (Å²) >= 11 is 0. The Morgan fingerprint density at radius 3 is 2.67 bits per heavy atom. The standard InChI is InChI=1S/C14H22N2O4S/c1-9-7-12(19-4)13(8-11(9)15)21(17,18)16-14(3)5-6-20-10(14)2/h7-8,10,16H,5-6,15H2,1-4H3. The smallest absolute Gasteiger partial charge is 0.244 e. The fourth-order valence-electron chi connectivity index (χ4n) is 2.38. The van der Waals surface area contributed by atoms with Crippen LogP contribution < -0.4 is 15.2 Å². The van der Waals surface area contributed by atoms with Crippen molar-refractivity contribution in [1.82, 2.24) is 4.72 Å². The zero-order valence-corrected chi connectivity index (χ0v) is 13.6. The van der Waals surface area contributed by atoms with E-state index < -0.39 is 15.6 Å². The van der Waals surface area contributed by atoms with Crippen molar-refractivity contribution in [2.24, 2.45) is 0 Å². The van der Waals surface area contributed by atoms with E-state index in [0.29, 0.717) is 18.7 Å². The molecular weight excluding hydrogens is 292 g/mol. The van der Waals surface area contributed by atoms with E-state index in [1.54, 1.807) is 13.0 Å². The number of nitrogens with one attached hydrogen (secondary N) is 1. The van der Waals surface area contributed by atoms with Crippen molar-refractivity contribution in [3.05, 3.63) is 17.7 Å². The normalized spacial score (nSPS) is 26.0. The van der Waals surface area contributed by atoms with E-state index in [2.05, 4.69) is 4.72 Å². The molecule has 6 nitrogen and oxygen atoms in total. The zero-order valence-electron chi connectivity index (χ0n) is 12.8. The Labute approximate surface area is 125 Å². The maximum Gasteiger partial charge on any atom is 0.244 e. The van der Waals surface area contributed by atoms with E-state index in [1.165, 1.54) is 13.2 Å². The number of nitrogens with two attached hydrogens (primary N) is 1. The number of benzene rings is 1. The summed E-state index contributed by atoms with van der Waals surface area (Å²) < 4.78 is 38.7. The third-order valence-corrected chi connectivity index (χ3v) is 5.73. The van der Waals surface area contributed by atoms with Gasteiger partial charge in [-0.25, -0.2) is 13.1 Å². The van der Waals surface area contributed by atoms with Crippen LogP contribution in [0.3, 0.4) is 0 Å². The van der Waals surface area contributed by atoms with Gasteiger partial charge < -0.3 is 15.2 Å². The van der Waals surface area contributed by atoms with Crippen LogP contribution in [-0.4, -0.2) is 33.8 Å². The average Bonchev–Trinajstić information content (AvgIpc) is 2.71. The topological polar surface area (TPSA) is 90.7 Å². The molecule has 0 radical (unpaired) electrons. The first-order valence-electron chi connectivity index (χ1n) is 6.79. The number of rotatable bonds is 4. The van der Waals surface area contributed by atoms with Crippen LogP contribution in [0.1, 0.15) is 25.8 Å².